The Morgan fingerprint density at radius 3 is 2.52 bits per heavy atom. The van der Waals surface area contributed by atoms with Crippen molar-refractivity contribution in [2.24, 2.45) is 0 Å². The number of methoxy groups -OCH3 is 1. The van der Waals surface area contributed by atoms with Crippen molar-refractivity contribution in [1.82, 2.24) is 10.3 Å². The van der Waals surface area contributed by atoms with Gasteiger partial charge in [0.2, 0.25) is 0 Å². The molecule has 1 heterocycles. The molecule has 0 aliphatic carbocycles. The van der Waals surface area contributed by atoms with Crippen LogP contribution < -0.4 is 14.8 Å². The van der Waals surface area contributed by atoms with Gasteiger partial charge in [-0.15, -0.1) is 11.3 Å². The number of aromatic nitrogens is 1. The van der Waals surface area contributed by atoms with Crippen LogP contribution in [-0.4, -0.2) is 31.2 Å². The molecule has 1 amide bonds. The molecule has 1 N–H and O–H groups in total. The quantitative estimate of drug-likeness (QED) is 0.613. The van der Waals surface area contributed by atoms with Crippen LogP contribution >= 0.6 is 22.9 Å². The summed E-state index contributed by atoms with van der Waals surface area (Å²) >= 11 is 7.48. The molecule has 0 radical (unpaired) electrons. The Bertz CT molecular complexity index is 879. The summed E-state index contributed by atoms with van der Waals surface area (Å²) in [7, 11) is 1.60. The number of hydrogen-bond acceptors (Lipinski definition) is 5. The normalized spacial score (nSPS) is 10.4. The van der Waals surface area contributed by atoms with Crippen molar-refractivity contribution in [1.29, 1.82) is 0 Å². The molecule has 7 heteroatoms. The minimum Gasteiger partial charge on any atom is -0.497 e. The fourth-order valence-electron chi connectivity index (χ4n) is 2.35. The van der Waals surface area contributed by atoms with Gasteiger partial charge in [0.15, 0.2) is 6.61 Å². The summed E-state index contributed by atoms with van der Waals surface area (Å²) in [6.45, 7) is 0.480. The average Bonchev–Trinajstić information content (AvgIpc) is 3.16. The van der Waals surface area contributed by atoms with Gasteiger partial charge in [-0.2, -0.15) is 0 Å². The zero-order valence-corrected chi connectivity index (χ0v) is 16.3. The van der Waals surface area contributed by atoms with Crippen LogP contribution in [0.4, 0.5) is 0 Å². The SMILES string of the molecule is COc1ccc(OCC(=O)NCCc2csc(-c3ccc(Cl)cc3)n2)cc1. The van der Waals surface area contributed by atoms with E-state index in [-0.39, 0.29) is 12.5 Å². The van der Waals surface area contributed by atoms with Crippen molar-refractivity contribution in [2.45, 2.75) is 6.42 Å². The molecular formula is C20H19ClN2O3S. The van der Waals surface area contributed by atoms with Gasteiger partial charge < -0.3 is 14.8 Å². The number of amides is 1. The first-order valence-corrected chi connectivity index (χ1v) is 9.64. The number of thiazole rings is 1. The number of halogens is 1. The topological polar surface area (TPSA) is 60.5 Å². The van der Waals surface area contributed by atoms with Crippen LogP contribution in [0, 0.1) is 0 Å². The third-order valence-corrected chi connectivity index (χ3v) is 4.97. The molecule has 0 bridgehead atoms. The molecule has 0 aliphatic heterocycles. The Morgan fingerprint density at radius 2 is 1.81 bits per heavy atom. The summed E-state index contributed by atoms with van der Waals surface area (Å²) in [5, 5.41) is 6.49. The third kappa shape index (κ3) is 5.70. The Morgan fingerprint density at radius 1 is 1.11 bits per heavy atom. The molecule has 3 aromatic rings. The van der Waals surface area contributed by atoms with Crippen molar-refractivity contribution in [3.05, 3.63) is 64.6 Å². The van der Waals surface area contributed by atoms with Crippen molar-refractivity contribution in [2.75, 3.05) is 20.3 Å². The highest BCUT2D eigenvalue weighted by Gasteiger charge is 2.07. The average molecular weight is 403 g/mol. The third-order valence-electron chi connectivity index (χ3n) is 3.78. The molecule has 27 heavy (non-hydrogen) atoms. The Labute approximate surface area is 166 Å². The summed E-state index contributed by atoms with van der Waals surface area (Å²) in [5.74, 6) is 1.20. The first kappa shape index (κ1) is 19.2. The van der Waals surface area contributed by atoms with E-state index in [0.717, 1.165) is 22.0 Å². The van der Waals surface area contributed by atoms with Crippen LogP contribution in [0.15, 0.2) is 53.9 Å². The van der Waals surface area contributed by atoms with Gasteiger partial charge in [-0.1, -0.05) is 23.7 Å². The van der Waals surface area contributed by atoms with Gasteiger partial charge in [0, 0.05) is 28.9 Å². The van der Waals surface area contributed by atoms with E-state index in [4.69, 9.17) is 21.1 Å². The molecule has 0 unspecified atom stereocenters. The zero-order valence-electron chi connectivity index (χ0n) is 14.8. The van der Waals surface area contributed by atoms with Crippen LogP contribution in [0.2, 0.25) is 5.02 Å². The highest BCUT2D eigenvalue weighted by molar-refractivity contribution is 7.13. The van der Waals surface area contributed by atoms with E-state index in [1.54, 1.807) is 42.7 Å². The number of rotatable bonds is 8. The standard InChI is InChI=1S/C20H19ClN2O3S/c1-25-17-6-8-18(9-7-17)26-12-19(24)22-11-10-16-13-27-20(23-16)14-2-4-15(21)5-3-14/h2-9,13H,10-12H2,1H3,(H,22,24). The van der Waals surface area contributed by atoms with Gasteiger partial charge >= 0.3 is 0 Å². The first-order chi connectivity index (χ1) is 13.1. The number of benzene rings is 2. The molecule has 0 spiro atoms. The van der Waals surface area contributed by atoms with Crippen molar-refractivity contribution in [3.63, 3.8) is 0 Å². The Balaban J connectivity index is 1.41. The highest BCUT2D eigenvalue weighted by atomic mass is 35.5. The van der Waals surface area contributed by atoms with E-state index >= 15 is 0 Å². The smallest absolute Gasteiger partial charge is 0.257 e. The van der Waals surface area contributed by atoms with Crippen LogP contribution in [0.1, 0.15) is 5.69 Å². The maximum atomic E-state index is 11.9. The summed E-state index contributed by atoms with van der Waals surface area (Å²) in [6.07, 6.45) is 0.665. The van der Waals surface area contributed by atoms with Crippen LogP contribution in [0.25, 0.3) is 10.6 Å². The molecule has 3 rings (SSSR count). The van der Waals surface area contributed by atoms with Gasteiger partial charge in [0.05, 0.1) is 12.8 Å². The Hall–Kier alpha value is -2.57. The van der Waals surface area contributed by atoms with Gasteiger partial charge in [-0.05, 0) is 36.4 Å². The monoisotopic (exact) mass is 402 g/mol. The lowest BCUT2D eigenvalue weighted by Gasteiger charge is -2.07. The minimum absolute atomic E-state index is 0.0284. The molecule has 1 aromatic heterocycles. The molecule has 0 saturated heterocycles. The molecule has 0 saturated carbocycles. The number of hydrogen-bond donors (Lipinski definition) is 1. The number of nitrogens with one attached hydrogen (secondary N) is 1. The summed E-state index contributed by atoms with van der Waals surface area (Å²) in [4.78, 5) is 16.5. The molecule has 0 fully saturated rings. The maximum Gasteiger partial charge on any atom is 0.257 e. The maximum absolute atomic E-state index is 11.9. The van der Waals surface area contributed by atoms with Crippen molar-refractivity contribution >= 4 is 28.8 Å². The largest absolute Gasteiger partial charge is 0.497 e. The summed E-state index contributed by atoms with van der Waals surface area (Å²) < 4.78 is 10.5. The summed E-state index contributed by atoms with van der Waals surface area (Å²) in [5.41, 5.74) is 1.98. The van der Waals surface area contributed by atoms with Gasteiger partial charge in [-0.3, -0.25) is 4.79 Å². The Kier molecular flexibility index (Phi) is 6.68. The minimum atomic E-state index is -0.168. The van der Waals surface area contributed by atoms with Crippen LogP contribution in [0.5, 0.6) is 11.5 Å². The fourth-order valence-corrected chi connectivity index (χ4v) is 3.34. The summed E-state index contributed by atoms with van der Waals surface area (Å²) in [6, 6.07) is 14.7. The zero-order chi connectivity index (χ0) is 19.1. The van der Waals surface area contributed by atoms with Gasteiger partial charge in [-0.25, -0.2) is 4.98 Å². The lowest BCUT2D eigenvalue weighted by molar-refractivity contribution is -0.123. The second-order valence-electron chi connectivity index (χ2n) is 5.72. The molecule has 2 aromatic carbocycles. The van der Waals surface area contributed by atoms with E-state index in [1.807, 2.05) is 29.6 Å². The highest BCUT2D eigenvalue weighted by Crippen LogP contribution is 2.25. The van der Waals surface area contributed by atoms with Crippen LogP contribution in [0.3, 0.4) is 0 Å². The van der Waals surface area contributed by atoms with Crippen molar-refractivity contribution < 1.29 is 14.3 Å². The van der Waals surface area contributed by atoms with E-state index in [9.17, 15) is 4.79 Å². The first-order valence-electron chi connectivity index (χ1n) is 8.38. The number of ether oxygens (including phenoxy) is 2. The van der Waals surface area contributed by atoms with Gasteiger partial charge in [0.25, 0.3) is 5.91 Å². The van der Waals surface area contributed by atoms with Crippen molar-refractivity contribution in [3.8, 4) is 22.1 Å². The second-order valence-corrected chi connectivity index (χ2v) is 7.01. The molecule has 0 aliphatic rings. The van der Waals surface area contributed by atoms with E-state index in [2.05, 4.69) is 10.3 Å². The predicted octanol–water partition coefficient (Wildman–Crippen LogP) is 4.21. The molecule has 5 nitrogen and oxygen atoms in total. The second kappa shape index (κ2) is 9.39. The molecular weight excluding hydrogens is 384 g/mol. The fraction of sp³-hybridized carbons (Fsp3) is 0.200. The predicted molar refractivity (Wildman–Crippen MR) is 108 cm³/mol. The van der Waals surface area contributed by atoms with E-state index in [0.29, 0.717) is 23.7 Å². The van der Waals surface area contributed by atoms with Gasteiger partial charge in [0.1, 0.15) is 16.5 Å². The lowest BCUT2D eigenvalue weighted by Crippen LogP contribution is -2.30. The lowest BCUT2D eigenvalue weighted by atomic mass is 10.2. The number of nitrogens with zero attached hydrogens (tertiary/aromatic N) is 1. The van der Waals surface area contributed by atoms with E-state index < -0.39 is 0 Å². The molecule has 140 valence electrons. The number of carbonyl (C=O) groups excluding carboxylic acids is 1. The van der Waals surface area contributed by atoms with E-state index in [1.165, 1.54) is 0 Å². The number of carbonyl (C=O) groups is 1. The molecule has 0 atom stereocenters. The van der Waals surface area contributed by atoms with Crippen LogP contribution in [-0.2, 0) is 11.2 Å².